The van der Waals surface area contributed by atoms with Gasteiger partial charge in [-0.3, -0.25) is 0 Å². The van der Waals surface area contributed by atoms with E-state index in [1.54, 1.807) is 24.8 Å². The van der Waals surface area contributed by atoms with Crippen LogP contribution in [0.25, 0.3) is 21.3 Å². The van der Waals surface area contributed by atoms with Crippen molar-refractivity contribution >= 4 is 56.3 Å². The van der Waals surface area contributed by atoms with Crippen molar-refractivity contribution in [3.8, 4) is 16.9 Å². The van der Waals surface area contributed by atoms with Crippen LogP contribution in [0.2, 0.25) is 10.0 Å². The minimum atomic E-state index is 0.533. The number of rotatable bonds is 4. The van der Waals surface area contributed by atoms with E-state index in [9.17, 15) is 0 Å². The van der Waals surface area contributed by atoms with Crippen LogP contribution in [0.4, 0.5) is 11.5 Å². The standard InChI is InChI=1S/C19H13Cl2N3OS/c1-25-16-7-6-13(8-15(16)21)24-18-17-14(9-26-19(17)23-10-22-18)11-2-4-12(20)5-3-11/h2-10H,1H3,(H,22,23,24). The zero-order valence-corrected chi connectivity index (χ0v) is 16.0. The number of nitrogens with zero attached hydrogens (tertiary/aromatic N) is 2. The third kappa shape index (κ3) is 3.21. The van der Waals surface area contributed by atoms with Crippen LogP contribution < -0.4 is 10.1 Å². The molecule has 0 atom stereocenters. The van der Waals surface area contributed by atoms with Crippen LogP contribution in [0.5, 0.6) is 5.75 Å². The van der Waals surface area contributed by atoms with E-state index < -0.39 is 0 Å². The molecule has 0 bridgehead atoms. The fourth-order valence-corrected chi connectivity index (χ4v) is 3.99. The Labute approximate surface area is 164 Å². The molecule has 0 aliphatic carbocycles. The molecule has 2 heterocycles. The van der Waals surface area contributed by atoms with E-state index in [0.717, 1.165) is 32.8 Å². The number of anilines is 2. The van der Waals surface area contributed by atoms with Gasteiger partial charge in [0, 0.05) is 21.7 Å². The second-order valence-electron chi connectivity index (χ2n) is 5.53. The van der Waals surface area contributed by atoms with Gasteiger partial charge in [0.15, 0.2) is 0 Å². The lowest BCUT2D eigenvalue weighted by Gasteiger charge is -2.10. The number of hydrogen-bond donors (Lipinski definition) is 1. The zero-order chi connectivity index (χ0) is 18.1. The number of thiophene rings is 1. The van der Waals surface area contributed by atoms with Gasteiger partial charge in [0.05, 0.1) is 17.5 Å². The summed E-state index contributed by atoms with van der Waals surface area (Å²) >= 11 is 13.8. The van der Waals surface area contributed by atoms with Crippen molar-refractivity contribution in [2.75, 3.05) is 12.4 Å². The minimum absolute atomic E-state index is 0.533. The monoisotopic (exact) mass is 401 g/mol. The number of ether oxygens (including phenoxy) is 1. The summed E-state index contributed by atoms with van der Waals surface area (Å²) in [6, 6.07) is 13.3. The summed E-state index contributed by atoms with van der Waals surface area (Å²) in [6.07, 6.45) is 1.55. The molecule has 7 heteroatoms. The van der Waals surface area contributed by atoms with Gasteiger partial charge >= 0.3 is 0 Å². The van der Waals surface area contributed by atoms with Gasteiger partial charge in [-0.15, -0.1) is 11.3 Å². The van der Waals surface area contributed by atoms with Crippen LogP contribution >= 0.6 is 34.5 Å². The maximum absolute atomic E-state index is 6.23. The lowest BCUT2D eigenvalue weighted by molar-refractivity contribution is 0.415. The molecular weight excluding hydrogens is 389 g/mol. The molecule has 0 aliphatic rings. The van der Waals surface area contributed by atoms with Gasteiger partial charge in [-0.1, -0.05) is 35.3 Å². The first-order chi connectivity index (χ1) is 12.7. The maximum Gasteiger partial charge on any atom is 0.143 e. The summed E-state index contributed by atoms with van der Waals surface area (Å²) in [5.74, 6) is 1.35. The second kappa shape index (κ2) is 7.11. The van der Waals surface area contributed by atoms with E-state index >= 15 is 0 Å². The van der Waals surface area contributed by atoms with E-state index in [2.05, 4.69) is 20.7 Å². The normalized spacial score (nSPS) is 10.9. The second-order valence-corrected chi connectivity index (χ2v) is 7.23. The average molecular weight is 402 g/mol. The van der Waals surface area contributed by atoms with E-state index in [1.807, 2.05) is 42.5 Å². The van der Waals surface area contributed by atoms with Crippen molar-refractivity contribution in [1.29, 1.82) is 0 Å². The van der Waals surface area contributed by atoms with Gasteiger partial charge in [-0.25, -0.2) is 9.97 Å². The molecule has 2 aromatic carbocycles. The van der Waals surface area contributed by atoms with Gasteiger partial charge in [0.25, 0.3) is 0 Å². The molecule has 0 spiro atoms. The van der Waals surface area contributed by atoms with E-state index in [-0.39, 0.29) is 0 Å². The predicted molar refractivity (Wildman–Crippen MR) is 109 cm³/mol. The average Bonchev–Trinajstić information content (AvgIpc) is 3.08. The molecule has 0 amide bonds. The Bertz CT molecular complexity index is 1080. The van der Waals surface area contributed by atoms with Gasteiger partial charge in [0.1, 0.15) is 22.7 Å². The van der Waals surface area contributed by atoms with Crippen LogP contribution in [0.1, 0.15) is 0 Å². The molecule has 130 valence electrons. The van der Waals surface area contributed by atoms with Crippen LogP contribution in [-0.4, -0.2) is 17.1 Å². The van der Waals surface area contributed by atoms with Crippen molar-refractivity contribution < 1.29 is 4.74 Å². The number of fused-ring (bicyclic) bond motifs is 1. The first-order valence-corrected chi connectivity index (χ1v) is 9.38. The lowest BCUT2D eigenvalue weighted by atomic mass is 10.1. The topological polar surface area (TPSA) is 47.0 Å². The molecule has 4 aromatic rings. The van der Waals surface area contributed by atoms with Gasteiger partial charge in [0.2, 0.25) is 0 Å². The van der Waals surface area contributed by atoms with Crippen molar-refractivity contribution in [3.63, 3.8) is 0 Å². The molecule has 0 saturated carbocycles. The van der Waals surface area contributed by atoms with Crippen molar-refractivity contribution in [1.82, 2.24) is 9.97 Å². The largest absolute Gasteiger partial charge is 0.495 e. The Balaban J connectivity index is 1.79. The molecule has 26 heavy (non-hydrogen) atoms. The zero-order valence-electron chi connectivity index (χ0n) is 13.7. The third-order valence-electron chi connectivity index (χ3n) is 3.94. The highest BCUT2D eigenvalue weighted by molar-refractivity contribution is 7.17. The summed E-state index contributed by atoms with van der Waals surface area (Å²) in [6.45, 7) is 0. The lowest BCUT2D eigenvalue weighted by Crippen LogP contribution is -1.96. The molecule has 4 rings (SSSR count). The molecule has 2 aromatic heterocycles. The minimum Gasteiger partial charge on any atom is -0.495 e. The highest BCUT2D eigenvalue weighted by Crippen LogP contribution is 2.38. The maximum atomic E-state index is 6.23. The number of aromatic nitrogens is 2. The molecule has 0 aliphatic heterocycles. The summed E-state index contributed by atoms with van der Waals surface area (Å²) in [5, 5.41) is 7.62. The van der Waals surface area contributed by atoms with Crippen LogP contribution in [0.3, 0.4) is 0 Å². The van der Waals surface area contributed by atoms with Gasteiger partial charge in [-0.2, -0.15) is 0 Å². The summed E-state index contributed by atoms with van der Waals surface area (Å²) < 4.78 is 5.20. The third-order valence-corrected chi connectivity index (χ3v) is 5.37. The number of nitrogens with one attached hydrogen (secondary N) is 1. The van der Waals surface area contributed by atoms with E-state index in [4.69, 9.17) is 27.9 Å². The quantitative estimate of drug-likeness (QED) is 0.428. The van der Waals surface area contributed by atoms with E-state index in [1.165, 1.54) is 0 Å². The molecule has 0 unspecified atom stereocenters. The van der Waals surface area contributed by atoms with Gasteiger partial charge < -0.3 is 10.1 Å². The van der Waals surface area contributed by atoms with Crippen LogP contribution in [-0.2, 0) is 0 Å². The van der Waals surface area contributed by atoms with Crippen molar-refractivity contribution in [2.24, 2.45) is 0 Å². The number of benzene rings is 2. The molecule has 0 saturated heterocycles. The number of hydrogen-bond acceptors (Lipinski definition) is 5. The first-order valence-electron chi connectivity index (χ1n) is 7.74. The van der Waals surface area contributed by atoms with Crippen molar-refractivity contribution in [2.45, 2.75) is 0 Å². The van der Waals surface area contributed by atoms with Crippen molar-refractivity contribution in [3.05, 3.63) is 64.2 Å². The van der Waals surface area contributed by atoms with Gasteiger partial charge in [-0.05, 0) is 35.9 Å². The molecule has 0 radical (unpaired) electrons. The first kappa shape index (κ1) is 17.1. The SMILES string of the molecule is COc1ccc(Nc2ncnc3scc(-c4ccc(Cl)cc4)c23)cc1Cl. The Morgan fingerprint density at radius 3 is 2.58 bits per heavy atom. The highest BCUT2D eigenvalue weighted by atomic mass is 35.5. The fraction of sp³-hybridized carbons (Fsp3) is 0.0526. The van der Waals surface area contributed by atoms with E-state index in [0.29, 0.717) is 15.8 Å². The number of halogens is 2. The molecule has 0 fully saturated rings. The Morgan fingerprint density at radius 2 is 1.85 bits per heavy atom. The molecule has 1 N–H and O–H groups in total. The fourth-order valence-electron chi connectivity index (χ4n) is 2.69. The predicted octanol–water partition coefficient (Wildman–Crippen LogP) is 6.42. The smallest absolute Gasteiger partial charge is 0.143 e. The number of methoxy groups -OCH3 is 1. The summed E-state index contributed by atoms with van der Waals surface area (Å²) in [7, 11) is 1.59. The summed E-state index contributed by atoms with van der Waals surface area (Å²) in [4.78, 5) is 9.73. The Hall–Kier alpha value is -2.34. The van der Waals surface area contributed by atoms with Crippen LogP contribution in [0, 0.1) is 0 Å². The van der Waals surface area contributed by atoms with Crippen LogP contribution in [0.15, 0.2) is 54.2 Å². The molecular formula is C19H13Cl2N3OS. The summed E-state index contributed by atoms with van der Waals surface area (Å²) in [5.41, 5.74) is 2.94. The molecule has 4 nitrogen and oxygen atoms in total. The Kier molecular flexibility index (Phi) is 4.68. The highest BCUT2D eigenvalue weighted by Gasteiger charge is 2.14. The Morgan fingerprint density at radius 1 is 1.04 bits per heavy atom.